The van der Waals surface area contributed by atoms with Crippen LogP contribution in [-0.2, 0) is 11.3 Å². The van der Waals surface area contributed by atoms with Crippen LogP contribution in [0.2, 0.25) is 0 Å². The highest BCUT2D eigenvalue weighted by Crippen LogP contribution is 2.19. The van der Waals surface area contributed by atoms with Gasteiger partial charge < -0.3 is 5.32 Å². The third-order valence-electron chi connectivity index (χ3n) is 4.33. The molecule has 0 fully saturated rings. The average Bonchev–Trinajstić information content (AvgIpc) is 2.59. The van der Waals surface area contributed by atoms with Gasteiger partial charge in [0.15, 0.2) is 0 Å². The molecule has 0 aliphatic heterocycles. The summed E-state index contributed by atoms with van der Waals surface area (Å²) < 4.78 is 1.56. The molecule has 0 spiro atoms. The van der Waals surface area contributed by atoms with Crippen LogP contribution in [0, 0.1) is 13.8 Å². The summed E-state index contributed by atoms with van der Waals surface area (Å²) in [5.74, 6) is -0.144. The number of benzene rings is 2. The Bertz CT molecular complexity index is 992. The van der Waals surface area contributed by atoms with E-state index in [1.165, 1.54) is 6.20 Å². The van der Waals surface area contributed by atoms with Crippen molar-refractivity contribution in [2.24, 2.45) is 0 Å². The first kappa shape index (κ1) is 16.9. The maximum Gasteiger partial charge on any atom is 0.242 e. The fourth-order valence-electron chi connectivity index (χ4n) is 3.01. The van der Waals surface area contributed by atoms with E-state index in [-0.39, 0.29) is 23.9 Å². The molecule has 3 aromatic rings. The van der Waals surface area contributed by atoms with Crippen LogP contribution in [0.1, 0.15) is 29.7 Å². The highest BCUT2D eigenvalue weighted by molar-refractivity contribution is 5.81. The van der Waals surface area contributed by atoms with Crippen molar-refractivity contribution in [1.82, 2.24) is 15.1 Å². The van der Waals surface area contributed by atoms with E-state index < -0.39 is 0 Å². The summed E-state index contributed by atoms with van der Waals surface area (Å²) in [6.45, 7) is 6.11. The van der Waals surface area contributed by atoms with Gasteiger partial charge in [-0.2, -0.15) is 5.10 Å². The molecule has 1 aromatic heterocycles. The SMILES string of the molecule is Cc1ccc(C)c([C@@H](C)NC(=O)Cn2ncc(=O)c3ccccc32)c1. The number of hydrogen-bond donors (Lipinski definition) is 1. The standard InChI is InChI=1S/C20H21N3O2/c1-13-8-9-14(2)17(10-13)15(3)22-20(25)12-23-18-7-5-4-6-16(18)19(24)11-21-23/h4-11,15H,12H2,1-3H3,(H,22,25)/t15-/m1/s1. The van der Waals surface area contributed by atoms with Crippen molar-refractivity contribution in [3.05, 3.63) is 75.6 Å². The summed E-state index contributed by atoms with van der Waals surface area (Å²) in [5.41, 5.74) is 3.92. The van der Waals surface area contributed by atoms with E-state index in [9.17, 15) is 9.59 Å². The maximum absolute atomic E-state index is 12.5. The highest BCUT2D eigenvalue weighted by Gasteiger charge is 2.13. The van der Waals surface area contributed by atoms with Gasteiger partial charge in [-0.1, -0.05) is 35.9 Å². The lowest BCUT2D eigenvalue weighted by molar-refractivity contribution is -0.122. The zero-order chi connectivity index (χ0) is 18.0. The number of carbonyl (C=O) groups is 1. The monoisotopic (exact) mass is 335 g/mol. The number of nitrogens with one attached hydrogen (secondary N) is 1. The van der Waals surface area contributed by atoms with Crippen molar-refractivity contribution < 1.29 is 4.79 Å². The van der Waals surface area contributed by atoms with Gasteiger partial charge in [0.25, 0.3) is 0 Å². The van der Waals surface area contributed by atoms with Crippen LogP contribution >= 0.6 is 0 Å². The van der Waals surface area contributed by atoms with E-state index in [1.807, 2.05) is 26.8 Å². The summed E-state index contributed by atoms with van der Waals surface area (Å²) in [6, 6.07) is 13.3. The third kappa shape index (κ3) is 3.60. The summed E-state index contributed by atoms with van der Waals surface area (Å²) in [6.07, 6.45) is 1.25. The molecule has 0 saturated carbocycles. The molecule has 1 N–H and O–H groups in total. The first-order valence-corrected chi connectivity index (χ1v) is 8.27. The maximum atomic E-state index is 12.5. The minimum Gasteiger partial charge on any atom is -0.348 e. The zero-order valence-corrected chi connectivity index (χ0v) is 14.6. The van der Waals surface area contributed by atoms with E-state index >= 15 is 0 Å². The lowest BCUT2D eigenvalue weighted by Crippen LogP contribution is -2.31. The molecule has 0 radical (unpaired) electrons. The smallest absolute Gasteiger partial charge is 0.242 e. The van der Waals surface area contributed by atoms with Gasteiger partial charge in [0.05, 0.1) is 17.8 Å². The minimum absolute atomic E-state index is 0.0655. The van der Waals surface area contributed by atoms with Gasteiger partial charge >= 0.3 is 0 Å². The van der Waals surface area contributed by atoms with Gasteiger partial charge in [0.2, 0.25) is 11.3 Å². The fourth-order valence-corrected chi connectivity index (χ4v) is 3.01. The van der Waals surface area contributed by atoms with Crippen LogP contribution in [0.15, 0.2) is 53.5 Å². The van der Waals surface area contributed by atoms with Crippen LogP contribution in [0.5, 0.6) is 0 Å². The summed E-state index contributed by atoms with van der Waals surface area (Å²) in [5, 5.41) is 7.68. The van der Waals surface area contributed by atoms with Gasteiger partial charge in [-0.05, 0) is 44.0 Å². The topological polar surface area (TPSA) is 64.0 Å². The summed E-state index contributed by atoms with van der Waals surface area (Å²) in [7, 11) is 0. The Hall–Kier alpha value is -2.95. The van der Waals surface area contributed by atoms with Gasteiger partial charge in [-0.25, -0.2) is 0 Å². The summed E-state index contributed by atoms with van der Waals surface area (Å²) >= 11 is 0. The second-order valence-corrected chi connectivity index (χ2v) is 6.33. The minimum atomic E-state index is -0.144. The van der Waals surface area contributed by atoms with Gasteiger partial charge in [-0.15, -0.1) is 0 Å². The molecule has 0 aliphatic carbocycles. The second-order valence-electron chi connectivity index (χ2n) is 6.33. The Kier molecular flexibility index (Phi) is 4.65. The molecule has 1 atom stereocenters. The number of amides is 1. The van der Waals surface area contributed by atoms with Crippen LogP contribution in [0.4, 0.5) is 0 Å². The van der Waals surface area contributed by atoms with E-state index in [2.05, 4.69) is 28.6 Å². The van der Waals surface area contributed by atoms with Crippen LogP contribution in [0.3, 0.4) is 0 Å². The molecule has 5 nitrogen and oxygen atoms in total. The molecular weight excluding hydrogens is 314 g/mol. The predicted molar refractivity (Wildman–Crippen MR) is 98.5 cm³/mol. The van der Waals surface area contributed by atoms with Crippen molar-refractivity contribution in [2.45, 2.75) is 33.4 Å². The van der Waals surface area contributed by atoms with Crippen molar-refractivity contribution in [3.8, 4) is 0 Å². The summed E-state index contributed by atoms with van der Waals surface area (Å²) in [4.78, 5) is 24.3. The van der Waals surface area contributed by atoms with E-state index in [1.54, 1.807) is 22.9 Å². The lowest BCUT2D eigenvalue weighted by atomic mass is 10.00. The fraction of sp³-hybridized carbons (Fsp3) is 0.250. The van der Waals surface area contributed by atoms with Gasteiger partial charge in [0.1, 0.15) is 6.54 Å². The Morgan fingerprint density at radius 2 is 1.96 bits per heavy atom. The van der Waals surface area contributed by atoms with Crippen LogP contribution in [-0.4, -0.2) is 15.7 Å². The number of rotatable bonds is 4. The molecule has 25 heavy (non-hydrogen) atoms. The van der Waals surface area contributed by atoms with Crippen molar-refractivity contribution in [2.75, 3.05) is 0 Å². The number of carbonyl (C=O) groups excluding carboxylic acids is 1. The lowest BCUT2D eigenvalue weighted by Gasteiger charge is -2.18. The molecule has 1 heterocycles. The Labute approximate surface area is 146 Å². The number of fused-ring (bicyclic) bond motifs is 1. The molecule has 3 rings (SSSR count). The quantitative estimate of drug-likeness (QED) is 0.797. The Morgan fingerprint density at radius 1 is 1.20 bits per heavy atom. The number of para-hydroxylation sites is 1. The molecular formula is C20H21N3O2. The molecule has 0 aliphatic rings. The number of hydrogen-bond acceptors (Lipinski definition) is 3. The van der Waals surface area contributed by atoms with Crippen LogP contribution in [0.25, 0.3) is 10.9 Å². The second kappa shape index (κ2) is 6.89. The molecule has 0 bridgehead atoms. The highest BCUT2D eigenvalue weighted by atomic mass is 16.2. The Balaban J connectivity index is 1.80. The zero-order valence-electron chi connectivity index (χ0n) is 14.6. The number of aromatic nitrogens is 2. The largest absolute Gasteiger partial charge is 0.348 e. The normalized spacial score (nSPS) is 12.1. The number of aryl methyl sites for hydroxylation is 2. The predicted octanol–water partition coefficient (Wildman–Crippen LogP) is 2.89. The number of nitrogens with zero attached hydrogens (tertiary/aromatic N) is 2. The molecule has 2 aromatic carbocycles. The average molecular weight is 335 g/mol. The van der Waals surface area contributed by atoms with Crippen molar-refractivity contribution in [3.63, 3.8) is 0 Å². The van der Waals surface area contributed by atoms with E-state index in [4.69, 9.17) is 0 Å². The molecule has 0 unspecified atom stereocenters. The van der Waals surface area contributed by atoms with Crippen LogP contribution < -0.4 is 10.7 Å². The van der Waals surface area contributed by atoms with Crippen molar-refractivity contribution in [1.29, 1.82) is 0 Å². The van der Waals surface area contributed by atoms with Crippen molar-refractivity contribution >= 4 is 16.8 Å². The first-order chi connectivity index (χ1) is 12.0. The third-order valence-corrected chi connectivity index (χ3v) is 4.33. The molecule has 5 heteroatoms. The molecule has 0 saturated heterocycles. The molecule has 128 valence electrons. The first-order valence-electron chi connectivity index (χ1n) is 8.27. The van der Waals surface area contributed by atoms with Gasteiger partial charge in [-0.3, -0.25) is 14.3 Å². The van der Waals surface area contributed by atoms with E-state index in [0.29, 0.717) is 10.9 Å². The van der Waals surface area contributed by atoms with Gasteiger partial charge in [0, 0.05) is 5.39 Å². The van der Waals surface area contributed by atoms with E-state index in [0.717, 1.165) is 16.7 Å². The molecule has 1 amide bonds. The Morgan fingerprint density at radius 3 is 2.76 bits per heavy atom.